The number of hydrogen-bond donors (Lipinski definition) is 1. The van der Waals surface area contributed by atoms with E-state index in [1.165, 1.54) is 18.4 Å². The van der Waals surface area contributed by atoms with Crippen LogP contribution in [-0.4, -0.2) is 53.7 Å². The highest BCUT2D eigenvalue weighted by atomic mass is 16.5. The van der Waals surface area contributed by atoms with E-state index in [1.54, 1.807) is 7.11 Å². The standard InChI is InChI=1S/C36H37NO5/c1-40-27-9-5-8-25-17-34(18-26(25)27)21-36(39)29-16-24-12-13-28(41-20-23-6-3-2-4-7-23)31-30(24)35(36,33(42-31)32(34)38)14-15-37(29)19-22-10-11-22/h2-9,12-13,22,29,33,39H,10-11,14-21H2,1H3/t29-,33+,34?,35+,36-/m1/s1. The number of nitrogens with zero attached hydrogens (tertiary/aromatic N) is 1. The van der Waals surface area contributed by atoms with Crippen LogP contribution in [0.2, 0.25) is 0 Å². The normalized spacial score (nSPS) is 33.7. The quantitative estimate of drug-likeness (QED) is 0.465. The molecule has 1 N–H and O–H groups in total. The monoisotopic (exact) mass is 563 g/mol. The molecule has 1 saturated heterocycles. The molecule has 4 aliphatic carbocycles. The Balaban J connectivity index is 1.18. The maximum atomic E-state index is 14.9. The lowest BCUT2D eigenvalue weighted by Gasteiger charge is -2.65. The van der Waals surface area contributed by atoms with Crippen molar-refractivity contribution in [1.29, 1.82) is 0 Å². The lowest BCUT2D eigenvalue weighted by molar-refractivity contribution is -0.209. The number of piperidine rings is 1. The van der Waals surface area contributed by atoms with Gasteiger partial charge in [-0.05, 0) is 91.8 Å². The van der Waals surface area contributed by atoms with Crippen molar-refractivity contribution in [1.82, 2.24) is 4.90 Å². The van der Waals surface area contributed by atoms with Crippen LogP contribution in [0.4, 0.5) is 0 Å². The first-order valence-corrected chi connectivity index (χ1v) is 15.6. The molecule has 6 aliphatic rings. The molecule has 3 aromatic carbocycles. The summed E-state index contributed by atoms with van der Waals surface area (Å²) in [5, 5.41) is 13.3. The number of carbonyl (C=O) groups is 1. The smallest absolute Gasteiger partial charge is 0.181 e. The molecule has 2 aliphatic heterocycles. The second-order valence-electron chi connectivity index (χ2n) is 13.8. The number of Topliss-reactive ketones (excluding diaryl/α,β-unsaturated/α-hetero) is 1. The van der Waals surface area contributed by atoms with Crippen molar-refractivity contribution >= 4 is 5.78 Å². The van der Waals surface area contributed by atoms with Crippen molar-refractivity contribution in [2.45, 2.75) is 74.7 Å². The highest BCUT2D eigenvalue weighted by Crippen LogP contribution is 2.68. The van der Waals surface area contributed by atoms with Gasteiger partial charge in [0.2, 0.25) is 0 Å². The molecule has 3 aromatic rings. The van der Waals surface area contributed by atoms with Crippen molar-refractivity contribution in [3.8, 4) is 17.2 Å². The summed E-state index contributed by atoms with van der Waals surface area (Å²) < 4.78 is 19.0. The molecule has 0 aromatic heterocycles. The van der Waals surface area contributed by atoms with Gasteiger partial charge < -0.3 is 19.3 Å². The van der Waals surface area contributed by atoms with Crippen LogP contribution < -0.4 is 14.2 Å². The molecule has 6 heteroatoms. The topological polar surface area (TPSA) is 68.2 Å². The Morgan fingerprint density at radius 2 is 1.86 bits per heavy atom. The second-order valence-corrected chi connectivity index (χ2v) is 13.8. The summed E-state index contributed by atoms with van der Waals surface area (Å²) >= 11 is 0. The van der Waals surface area contributed by atoms with Gasteiger partial charge in [0, 0.05) is 23.6 Å². The third-order valence-corrected chi connectivity index (χ3v) is 11.6. The molecule has 6 nitrogen and oxygen atoms in total. The number of ether oxygens (including phenoxy) is 3. The van der Waals surface area contributed by atoms with Crippen molar-refractivity contribution in [2.75, 3.05) is 20.2 Å². The number of carbonyl (C=O) groups excluding carboxylic acids is 1. The largest absolute Gasteiger partial charge is 0.496 e. The fourth-order valence-corrected chi connectivity index (χ4v) is 9.59. The van der Waals surface area contributed by atoms with Crippen molar-refractivity contribution < 1.29 is 24.1 Å². The number of aliphatic hydroxyl groups is 1. The number of likely N-dealkylation sites (tertiary alicyclic amines) is 1. The van der Waals surface area contributed by atoms with Gasteiger partial charge in [0.05, 0.1) is 18.1 Å². The van der Waals surface area contributed by atoms with Gasteiger partial charge in [0.1, 0.15) is 12.4 Å². The first-order chi connectivity index (χ1) is 20.5. The average molecular weight is 564 g/mol. The molecule has 0 radical (unpaired) electrons. The van der Waals surface area contributed by atoms with Crippen LogP contribution in [0.1, 0.15) is 53.5 Å². The molecule has 3 fully saturated rings. The first kappa shape index (κ1) is 25.2. The fraction of sp³-hybridized carbons (Fsp3) is 0.472. The maximum Gasteiger partial charge on any atom is 0.181 e. The molecule has 5 atom stereocenters. The van der Waals surface area contributed by atoms with Crippen LogP contribution in [0.3, 0.4) is 0 Å². The Morgan fingerprint density at radius 1 is 1.00 bits per heavy atom. The molecule has 1 unspecified atom stereocenters. The first-order valence-electron chi connectivity index (χ1n) is 15.6. The van der Waals surface area contributed by atoms with Gasteiger partial charge in [0.25, 0.3) is 0 Å². The van der Waals surface area contributed by atoms with Gasteiger partial charge in [-0.2, -0.15) is 0 Å². The number of methoxy groups -OCH3 is 1. The zero-order valence-electron chi connectivity index (χ0n) is 24.1. The van der Waals surface area contributed by atoms with Crippen LogP contribution in [-0.2, 0) is 36.1 Å². The van der Waals surface area contributed by atoms with E-state index < -0.39 is 22.5 Å². The minimum atomic E-state index is -1.08. The molecule has 2 saturated carbocycles. The Morgan fingerprint density at radius 3 is 2.67 bits per heavy atom. The van der Waals surface area contributed by atoms with Crippen LogP contribution in [0.15, 0.2) is 60.7 Å². The van der Waals surface area contributed by atoms with Gasteiger partial charge in [0.15, 0.2) is 23.4 Å². The molecule has 216 valence electrons. The number of fused-ring (bicyclic) bond motifs is 1. The van der Waals surface area contributed by atoms with Gasteiger partial charge >= 0.3 is 0 Å². The lowest BCUT2D eigenvalue weighted by Crippen LogP contribution is -2.79. The molecular weight excluding hydrogens is 526 g/mol. The van der Waals surface area contributed by atoms with E-state index in [-0.39, 0.29) is 11.8 Å². The SMILES string of the molecule is COc1cccc2c1CC1(C2)C[C@@]2(O)[C@H]3Cc4ccc(OCc5ccccc5)c5c4[C@@]2(CCN3CC2CC2)[C@@H](O5)C1=O. The fourth-order valence-electron chi connectivity index (χ4n) is 9.59. The highest BCUT2D eigenvalue weighted by Gasteiger charge is 2.77. The zero-order chi connectivity index (χ0) is 28.3. The maximum absolute atomic E-state index is 14.9. The van der Waals surface area contributed by atoms with E-state index in [0.717, 1.165) is 59.9 Å². The minimum absolute atomic E-state index is 0.0388. The minimum Gasteiger partial charge on any atom is -0.496 e. The summed E-state index contributed by atoms with van der Waals surface area (Å²) in [6, 6.07) is 20.4. The third kappa shape index (κ3) is 3.20. The van der Waals surface area contributed by atoms with E-state index in [4.69, 9.17) is 14.2 Å². The zero-order valence-corrected chi connectivity index (χ0v) is 24.1. The highest BCUT2D eigenvalue weighted by molar-refractivity contribution is 5.96. The average Bonchev–Trinajstić information content (AvgIpc) is 3.63. The van der Waals surface area contributed by atoms with Gasteiger partial charge in [-0.25, -0.2) is 0 Å². The predicted octanol–water partition coefficient (Wildman–Crippen LogP) is 4.80. The molecule has 0 amide bonds. The van der Waals surface area contributed by atoms with E-state index >= 15 is 0 Å². The van der Waals surface area contributed by atoms with Gasteiger partial charge in [-0.1, -0.05) is 48.5 Å². The summed E-state index contributed by atoms with van der Waals surface area (Å²) in [4.78, 5) is 17.5. The van der Waals surface area contributed by atoms with Crippen LogP contribution >= 0.6 is 0 Å². The van der Waals surface area contributed by atoms with Crippen LogP contribution in [0.5, 0.6) is 17.2 Å². The second kappa shape index (κ2) is 8.61. The molecule has 9 rings (SSSR count). The van der Waals surface area contributed by atoms with Crippen molar-refractivity contribution in [2.24, 2.45) is 11.3 Å². The van der Waals surface area contributed by atoms with Gasteiger partial charge in [-0.15, -0.1) is 0 Å². The van der Waals surface area contributed by atoms with Crippen molar-refractivity contribution in [3.05, 3.63) is 88.5 Å². The molecule has 42 heavy (non-hydrogen) atoms. The Labute approximate surface area is 246 Å². The van der Waals surface area contributed by atoms with E-state index in [1.807, 2.05) is 36.4 Å². The van der Waals surface area contributed by atoms with E-state index in [9.17, 15) is 9.90 Å². The van der Waals surface area contributed by atoms with Crippen LogP contribution in [0.25, 0.3) is 0 Å². The Hall–Kier alpha value is -3.35. The predicted molar refractivity (Wildman–Crippen MR) is 157 cm³/mol. The summed E-state index contributed by atoms with van der Waals surface area (Å²) in [6.07, 6.45) is 4.97. The lowest BCUT2D eigenvalue weighted by atomic mass is 9.44. The summed E-state index contributed by atoms with van der Waals surface area (Å²) in [6.45, 7) is 2.33. The third-order valence-electron chi connectivity index (χ3n) is 11.6. The Kier molecular flexibility index (Phi) is 5.16. The number of ketones is 1. The van der Waals surface area contributed by atoms with Gasteiger partial charge in [-0.3, -0.25) is 9.69 Å². The molecule has 2 bridgehead atoms. The summed E-state index contributed by atoms with van der Waals surface area (Å²) in [7, 11) is 1.70. The van der Waals surface area contributed by atoms with Crippen molar-refractivity contribution in [3.63, 3.8) is 0 Å². The number of benzene rings is 3. The summed E-state index contributed by atoms with van der Waals surface area (Å²) in [5.74, 6) is 3.04. The molecular formula is C36H37NO5. The Bertz CT molecular complexity index is 1620. The number of hydrogen-bond acceptors (Lipinski definition) is 6. The summed E-state index contributed by atoms with van der Waals surface area (Å²) in [5.41, 5.74) is 3.03. The molecule has 2 spiro atoms. The van der Waals surface area contributed by atoms with E-state index in [0.29, 0.717) is 37.4 Å². The number of rotatable bonds is 6. The van der Waals surface area contributed by atoms with E-state index in [2.05, 4.69) is 29.2 Å². The van der Waals surface area contributed by atoms with Crippen LogP contribution in [0, 0.1) is 11.3 Å². The molecule has 2 heterocycles.